The lowest BCUT2D eigenvalue weighted by Crippen LogP contribution is -2.68. The number of likely N-dealkylation sites (tertiary alicyclic amines) is 1. The van der Waals surface area contributed by atoms with Crippen molar-refractivity contribution in [1.82, 2.24) is 15.2 Å². The summed E-state index contributed by atoms with van der Waals surface area (Å²) in [6.07, 6.45) is 2.80. The van der Waals surface area contributed by atoms with Gasteiger partial charge in [0.2, 0.25) is 5.82 Å². The molecule has 0 aliphatic carbocycles. The van der Waals surface area contributed by atoms with Crippen molar-refractivity contribution in [3.05, 3.63) is 53.9 Å². The predicted molar refractivity (Wildman–Crippen MR) is 136 cm³/mol. The molecular weight excluding hydrogens is 498 g/mol. The minimum Gasteiger partial charge on any atom is -0.489 e. The number of hydrogen-bond donors (Lipinski definition) is 2. The van der Waals surface area contributed by atoms with Crippen LogP contribution in [0, 0.1) is 17.0 Å². The van der Waals surface area contributed by atoms with E-state index < -0.39 is 17.7 Å². The van der Waals surface area contributed by atoms with Gasteiger partial charge in [0.25, 0.3) is 11.8 Å². The van der Waals surface area contributed by atoms with Crippen LogP contribution >= 0.6 is 0 Å². The van der Waals surface area contributed by atoms with Crippen molar-refractivity contribution in [2.45, 2.75) is 44.9 Å². The number of nitrogens with zero attached hydrogens (tertiary/aromatic N) is 2. The van der Waals surface area contributed by atoms with Crippen molar-refractivity contribution in [1.29, 1.82) is 0 Å². The van der Waals surface area contributed by atoms with Crippen LogP contribution in [0.2, 0.25) is 0 Å². The average Bonchev–Trinajstić information content (AvgIpc) is 3.30. The Bertz CT molecular complexity index is 1140. The molecule has 3 atom stereocenters. The van der Waals surface area contributed by atoms with E-state index in [9.17, 15) is 18.4 Å². The quantitative estimate of drug-likeness (QED) is 0.565. The molecule has 0 radical (unpaired) electrons. The minimum absolute atomic E-state index is 0.0194. The van der Waals surface area contributed by atoms with Gasteiger partial charge in [-0.05, 0) is 51.0 Å². The number of halogens is 2. The lowest BCUT2D eigenvalue weighted by atomic mass is 9.77. The molecule has 1 spiro atoms. The molecule has 1 aromatic carbocycles. The van der Waals surface area contributed by atoms with E-state index in [-0.39, 0.29) is 35.4 Å². The first kappa shape index (κ1) is 27.9. The van der Waals surface area contributed by atoms with Crippen LogP contribution in [0.1, 0.15) is 37.2 Å². The highest BCUT2D eigenvalue weighted by atomic mass is 19.2. The standard InChI is InChI=1S/C14H17F2NO2.C13H17N3O3/c1-10(17-6-14(7-17)8-18-9-14)5-19-12-4-2-3-11(15)13(12)16;1-8-3-4-11(19-8)13(18)16-9-5-6-15-10(7-9)12(17)14-2/h2-4,10H,5-9H2,1H3;5-8,11H,3-4H2,1-2H3,(H,14,17)(H,15,16,18). The number of amides is 2. The highest BCUT2D eigenvalue weighted by molar-refractivity contribution is 5.97. The summed E-state index contributed by atoms with van der Waals surface area (Å²) in [6.45, 7) is 8.03. The number of benzene rings is 1. The van der Waals surface area contributed by atoms with Gasteiger partial charge in [0.05, 0.1) is 19.3 Å². The van der Waals surface area contributed by atoms with E-state index in [1.54, 1.807) is 6.07 Å². The monoisotopic (exact) mass is 532 g/mol. The Morgan fingerprint density at radius 3 is 2.63 bits per heavy atom. The third-order valence-corrected chi connectivity index (χ3v) is 6.92. The maximum absolute atomic E-state index is 13.4. The zero-order chi connectivity index (χ0) is 27.3. The Morgan fingerprint density at radius 2 is 2.00 bits per heavy atom. The van der Waals surface area contributed by atoms with Crippen LogP contribution in [0.15, 0.2) is 36.5 Å². The van der Waals surface area contributed by atoms with Crippen molar-refractivity contribution in [3.8, 4) is 5.75 Å². The van der Waals surface area contributed by atoms with Crippen LogP contribution in [0.5, 0.6) is 5.75 Å². The van der Waals surface area contributed by atoms with Crippen molar-refractivity contribution in [2.75, 3.05) is 45.3 Å². The van der Waals surface area contributed by atoms with Gasteiger partial charge >= 0.3 is 0 Å². The molecule has 3 aliphatic rings. The Morgan fingerprint density at radius 1 is 1.24 bits per heavy atom. The Labute approximate surface area is 220 Å². The van der Waals surface area contributed by atoms with E-state index in [0.717, 1.165) is 45.2 Å². The maximum atomic E-state index is 13.4. The molecule has 2 amide bonds. The Balaban J connectivity index is 0.000000177. The lowest BCUT2D eigenvalue weighted by molar-refractivity contribution is -0.198. The largest absolute Gasteiger partial charge is 0.489 e. The van der Waals surface area contributed by atoms with Crippen molar-refractivity contribution in [2.24, 2.45) is 5.41 Å². The molecule has 2 N–H and O–H groups in total. The minimum atomic E-state index is -0.915. The second kappa shape index (κ2) is 12.1. The fraction of sp³-hybridized carbons (Fsp3) is 0.519. The molecule has 11 heteroatoms. The molecule has 0 saturated carbocycles. The molecule has 4 heterocycles. The highest BCUT2D eigenvalue weighted by Crippen LogP contribution is 2.38. The van der Waals surface area contributed by atoms with E-state index in [4.69, 9.17) is 14.2 Å². The van der Waals surface area contributed by atoms with Crippen molar-refractivity contribution < 1.29 is 32.6 Å². The number of ether oxygens (including phenoxy) is 3. The summed E-state index contributed by atoms with van der Waals surface area (Å²) in [5, 5.41) is 5.22. The number of hydrogen-bond acceptors (Lipinski definition) is 7. The molecule has 0 bridgehead atoms. The zero-order valence-corrected chi connectivity index (χ0v) is 21.8. The first-order chi connectivity index (χ1) is 18.2. The molecule has 1 aromatic heterocycles. The summed E-state index contributed by atoms with van der Waals surface area (Å²) in [4.78, 5) is 29.6. The molecule has 3 saturated heterocycles. The van der Waals surface area contributed by atoms with Crippen LogP contribution in [-0.4, -0.2) is 79.9 Å². The summed E-state index contributed by atoms with van der Waals surface area (Å²) in [6, 6.07) is 7.35. The third kappa shape index (κ3) is 6.64. The van der Waals surface area contributed by atoms with E-state index >= 15 is 0 Å². The molecule has 3 fully saturated rings. The van der Waals surface area contributed by atoms with E-state index in [2.05, 4.69) is 20.5 Å². The second-order valence-electron chi connectivity index (χ2n) is 10.1. The number of anilines is 1. The van der Waals surface area contributed by atoms with Gasteiger partial charge < -0.3 is 24.8 Å². The Hall–Kier alpha value is -3.15. The molecule has 2 aromatic rings. The number of aromatic nitrogens is 1. The fourth-order valence-electron chi connectivity index (χ4n) is 4.59. The normalized spacial score (nSPS) is 22.3. The lowest BCUT2D eigenvalue weighted by Gasteiger charge is -2.56. The average molecular weight is 533 g/mol. The molecule has 9 nitrogen and oxygen atoms in total. The number of carbonyl (C=O) groups is 2. The summed E-state index contributed by atoms with van der Waals surface area (Å²) in [7, 11) is 1.53. The van der Waals surface area contributed by atoms with E-state index in [1.807, 2.05) is 13.8 Å². The van der Waals surface area contributed by atoms with Gasteiger partial charge in [-0.1, -0.05) is 6.07 Å². The SMILES string of the molecule is CC(COc1cccc(F)c1F)N1CC2(COC2)C1.CNC(=O)c1cc(NC(=O)C2CCC(C)O2)ccn1. The summed E-state index contributed by atoms with van der Waals surface area (Å²) < 4.78 is 42.5. The number of nitrogens with one attached hydrogen (secondary N) is 2. The smallest absolute Gasteiger partial charge is 0.269 e. The van der Waals surface area contributed by atoms with Gasteiger partial charge in [-0.3, -0.25) is 19.5 Å². The summed E-state index contributed by atoms with van der Waals surface area (Å²) >= 11 is 0. The maximum Gasteiger partial charge on any atom is 0.269 e. The molecule has 38 heavy (non-hydrogen) atoms. The van der Waals surface area contributed by atoms with Crippen LogP contribution < -0.4 is 15.4 Å². The zero-order valence-electron chi connectivity index (χ0n) is 21.8. The van der Waals surface area contributed by atoms with Crippen LogP contribution in [0.4, 0.5) is 14.5 Å². The van der Waals surface area contributed by atoms with Crippen molar-refractivity contribution in [3.63, 3.8) is 0 Å². The first-order valence-electron chi connectivity index (χ1n) is 12.7. The van der Waals surface area contributed by atoms with Gasteiger partial charge in [0.15, 0.2) is 11.6 Å². The van der Waals surface area contributed by atoms with E-state index in [0.29, 0.717) is 17.7 Å². The Kier molecular flexibility index (Phi) is 8.91. The topological polar surface area (TPSA) is 102 Å². The van der Waals surface area contributed by atoms with E-state index in [1.165, 1.54) is 31.4 Å². The summed E-state index contributed by atoms with van der Waals surface area (Å²) in [5.41, 5.74) is 1.17. The van der Waals surface area contributed by atoms with Gasteiger partial charge in [-0.2, -0.15) is 4.39 Å². The number of carbonyl (C=O) groups excluding carboxylic acids is 2. The first-order valence-corrected chi connectivity index (χ1v) is 12.7. The number of pyridine rings is 1. The van der Waals surface area contributed by atoms with Crippen LogP contribution in [0.3, 0.4) is 0 Å². The highest BCUT2D eigenvalue weighted by Gasteiger charge is 2.50. The van der Waals surface area contributed by atoms with Gasteiger partial charge in [-0.15, -0.1) is 0 Å². The predicted octanol–water partition coefficient (Wildman–Crippen LogP) is 3.01. The molecule has 3 aliphatic heterocycles. The third-order valence-electron chi connectivity index (χ3n) is 6.92. The fourth-order valence-corrected chi connectivity index (χ4v) is 4.59. The molecule has 206 valence electrons. The van der Waals surface area contributed by atoms with Crippen molar-refractivity contribution >= 4 is 17.5 Å². The summed E-state index contributed by atoms with van der Waals surface area (Å²) in [5.74, 6) is -2.28. The van der Waals surface area contributed by atoms with Gasteiger partial charge in [0.1, 0.15) is 18.4 Å². The van der Waals surface area contributed by atoms with Gasteiger partial charge in [0, 0.05) is 43.5 Å². The number of rotatable bonds is 7. The van der Waals surface area contributed by atoms with Gasteiger partial charge in [-0.25, -0.2) is 4.39 Å². The molecule has 3 unspecified atom stereocenters. The molecule has 5 rings (SSSR count). The molecular formula is C27H34F2N4O5. The van der Waals surface area contributed by atoms with Crippen LogP contribution in [0.25, 0.3) is 0 Å². The second-order valence-corrected chi connectivity index (χ2v) is 10.1. The van der Waals surface area contributed by atoms with Crippen LogP contribution in [-0.2, 0) is 14.3 Å².